The van der Waals surface area contributed by atoms with Crippen molar-refractivity contribution in [2.45, 2.75) is 38.6 Å². The van der Waals surface area contributed by atoms with Gasteiger partial charge in [0.05, 0.1) is 12.5 Å². The van der Waals surface area contributed by atoms with Gasteiger partial charge in [0, 0.05) is 32.1 Å². The Morgan fingerprint density at radius 1 is 1.53 bits per heavy atom. The zero-order valence-corrected chi connectivity index (χ0v) is 9.33. The van der Waals surface area contributed by atoms with Crippen molar-refractivity contribution in [1.82, 2.24) is 10.2 Å². The minimum atomic E-state index is 0.182. The van der Waals surface area contributed by atoms with E-state index in [0.29, 0.717) is 19.4 Å². The second-order valence-corrected chi connectivity index (χ2v) is 4.06. The van der Waals surface area contributed by atoms with Crippen LogP contribution in [-0.4, -0.2) is 36.5 Å². The maximum atomic E-state index is 11.6. The van der Waals surface area contributed by atoms with Crippen LogP contribution in [0.1, 0.15) is 32.6 Å². The number of carbonyl (C=O) groups excluding carboxylic acids is 1. The van der Waals surface area contributed by atoms with E-state index in [0.717, 1.165) is 25.9 Å². The van der Waals surface area contributed by atoms with Crippen molar-refractivity contribution in [3.63, 3.8) is 0 Å². The average molecular weight is 209 g/mol. The van der Waals surface area contributed by atoms with Gasteiger partial charge in [-0.25, -0.2) is 0 Å². The summed E-state index contributed by atoms with van der Waals surface area (Å²) >= 11 is 0. The summed E-state index contributed by atoms with van der Waals surface area (Å²) in [6.45, 7) is 4.49. The van der Waals surface area contributed by atoms with Gasteiger partial charge in [0.25, 0.3) is 0 Å². The molecule has 4 heteroatoms. The Hall–Kier alpha value is -1.08. The maximum absolute atomic E-state index is 11.6. The molecule has 1 saturated heterocycles. The molecule has 0 bridgehead atoms. The third-order valence-electron chi connectivity index (χ3n) is 2.69. The highest BCUT2D eigenvalue weighted by molar-refractivity contribution is 5.76. The van der Waals surface area contributed by atoms with E-state index < -0.39 is 0 Å². The summed E-state index contributed by atoms with van der Waals surface area (Å²) in [5.74, 6) is 0.240. The van der Waals surface area contributed by atoms with Crippen LogP contribution in [0.4, 0.5) is 0 Å². The van der Waals surface area contributed by atoms with Crippen LogP contribution < -0.4 is 5.32 Å². The third-order valence-corrected chi connectivity index (χ3v) is 2.69. The fourth-order valence-electron chi connectivity index (χ4n) is 1.76. The van der Waals surface area contributed by atoms with Gasteiger partial charge in [-0.15, -0.1) is 0 Å². The molecule has 4 nitrogen and oxygen atoms in total. The third kappa shape index (κ3) is 4.30. The van der Waals surface area contributed by atoms with E-state index in [-0.39, 0.29) is 11.9 Å². The van der Waals surface area contributed by atoms with Gasteiger partial charge < -0.3 is 10.2 Å². The lowest BCUT2D eigenvalue weighted by Gasteiger charge is -2.16. The predicted molar refractivity (Wildman–Crippen MR) is 58.1 cm³/mol. The van der Waals surface area contributed by atoms with Gasteiger partial charge in [-0.3, -0.25) is 4.79 Å². The second-order valence-electron chi connectivity index (χ2n) is 4.06. The van der Waals surface area contributed by atoms with Crippen molar-refractivity contribution >= 4 is 5.91 Å². The molecule has 1 fully saturated rings. The van der Waals surface area contributed by atoms with E-state index in [9.17, 15) is 4.79 Å². The summed E-state index contributed by atoms with van der Waals surface area (Å²) in [6.07, 6.45) is 3.34. The van der Waals surface area contributed by atoms with Crippen LogP contribution in [0.2, 0.25) is 0 Å². The number of carbonyl (C=O) groups is 1. The van der Waals surface area contributed by atoms with Crippen molar-refractivity contribution < 1.29 is 4.79 Å². The number of rotatable bonds is 5. The van der Waals surface area contributed by atoms with Crippen LogP contribution >= 0.6 is 0 Å². The van der Waals surface area contributed by atoms with Gasteiger partial charge in [0.2, 0.25) is 5.91 Å². The quantitative estimate of drug-likeness (QED) is 0.731. The van der Waals surface area contributed by atoms with Crippen LogP contribution in [0, 0.1) is 11.3 Å². The summed E-state index contributed by atoms with van der Waals surface area (Å²) in [6, 6.07) is 2.28. The van der Waals surface area contributed by atoms with Crippen LogP contribution in [-0.2, 0) is 4.79 Å². The summed E-state index contributed by atoms with van der Waals surface area (Å²) < 4.78 is 0. The average Bonchev–Trinajstić information content (AvgIpc) is 2.70. The van der Waals surface area contributed by atoms with Crippen LogP contribution in [0.5, 0.6) is 0 Å². The number of nitriles is 1. The first-order chi connectivity index (χ1) is 7.24. The van der Waals surface area contributed by atoms with E-state index in [4.69, 9.17) is 5.26 Å². The molecule has 0 aromatic rings. The molecule has 1 aliphatic heterocycles. The number of amides is 1. The minimum absolute atomic E-state index is 0.182. The Bertz CT molecular complexity index is 241. The first-order valence-electron chi connectivity index (χ1n) is 5.62. The van der Waals surface area contributed by atoms with Crippen molar-refractivity contribution in [3.05, 3.63) is 0 Å². The molecule has 1 aliphatic rings. The van der Waals surface area contributed by atoms with Crippen LogP contribution in [0.3, 0.4) is 0 Å². The molecule has 0 spiro atoms. The van der Waals surface area contributed by atoms with Gasteiger partial charge in [-0.2, -0.15) is 5.26 Å². The molecule has 0 aromatic carbocycles. The SMILES string of the molecule is CC(CC#N)NCCC(=O)N1CCCC1. The fourth-order valence-corrected chi connectivity index (χ4v) is 1.76. The Balaban J connectivity index is 2.09. The molecule has 1 amide bonds. The second kappa shape index (κ2) is 6.41. The van der Waals surface area contributed by atoms with E-state index in [1.807, 2.05) is 11.8 Å². The number of nitrogens with one attached hydrogen (secondary N) is 1. The fraction of sp³-hybridized carbons (Fsp3) is 0.818. The Labute approximate surface area is 91.2 Å². The molecule has 15 heavy (non-hydrogen) atoms. The molecule has 0 radical (unpaired) electrons. The Kier molecular flexibility index (Phi) is 5.13. The molecule has 1 unspecified atom stereocenters. The van der Waals surface area contributed by atoms with Gasteiger partial charge in [-0.1, -0.05) is 0 Å². The number of hydrogen-bond acceptors (Lipinski definition) is 3. The lowest BCUT2D eigenvalue weighted by atomic mass is 10.2. The number of likely N-dealkylation sites (tertiary alicyclic amines) is 1. The molecule has 0 aliphatic carbocycles. The van der Waals surface area contributed by atoms with Crippen molar-refractivity contribution in [2.24, 2.45) is 0 Å². The number of hydrogen-bond donors (Lipinski definition) is 1. The summed E-state index contributed by atoms with van der Waals surface area (Å²) in [7, 11) is 0. The normalized spacial score (nSPS) is 17.5. The van der Waals surface area contributed by atoms with E-state index in [2.05, 4.69) is 11.4 Å². The maximum Gasteiger partial charge on any atom is 0.223 e. The van der Waals surface area contributed by atoms with E-state index in [1.54, 1.807) is 0 Å². The lowest BCUT2D eigenvalue weighted by molar-refractivity contribution is -0.130. The molecule has 84 valence electrons. The van der Waals surface area contributed by atoms with Crippen LogP contribution in [0.25, 0.3) is 0 Å². The molecule has 1 N–H and O–H groups in total. The summed E-state index contributed by atoms with van der Waals surface area (Å²) in [4.78, 5) is 13.5. The zero-order valence-electron chi connectivity index (χ0n) is 9.33. The summed E-state index contributed by atoms with van der Waals surface area (Å²) in [5.41, 5.74) is 0. The van der Waals surface area contributed by atoms with Crippen molar-refractivity contribution in [3.8, 4) is 6.07 Å². The van der Waals surface area contributed by atoms with E-state index >= 15 is 0 Å². The molecule has 0 saturated carbocycles. The first-order valence-corrected chi connectivity index (χ1v) is 5.62. The van der Waals surface area contributed by atoms with Crippen LogP contribution in [0.15, 0.2) is 0 Å². The lowest BCUT2D eigenvalue weighted by Crippen LogP contribution is -2.33. The zero-order chi connectivity index (χ0) is 11.1. The largest absolute Gasteiger partial charge is 0.343 e. The molecule has 1 heterocycles. The molecule has 1 rings (SSSR count). The highest BCUT2D eigenvalue weighted by Gasteiger charge is 2.17. The highest BCUT2D eigenvalue weighted by atomic mass is 16.2. The minimum Gasteiger partial charge on any atom is -0.343 e. The first kappa shape index (κ1) is 12.0. The van der Waals surface area contributed by atoms with Gasteiger partial charge >= 0.3 is 0 Å². The molecule has 1 atom stereocenters. The number of nitrogens with zero attached hydrogens (tertiary/aromatic N) is 2. The van der Waals surface area contributed by atoms with Crippen molar-refractivity contribution in [2.75, 3.05) is 19.6 Å². The molecular formula is C11H19N3O. The topological polar surface area (TPSA) is 56.1 Å². The predicted octanol–water partition coefficient (Wildman–Crippen LogP) is 0.891. The van der Waals surface area contributed by atoms with Crippen molar-refractivity contribution in [1.29, 1.82) is 5.26 Å². The van der Waals surface area contributed by atoms with Gasteiger partial charge in [0.1, 0.15) is 0 Å². The van der Waals surface area contributed by atoms with Gasteiger partial charge in [0.15, 0.2) is 0 Å². The monoisotopic (exact) mass is 209 g/mol. The standard InChI is InChI=1S/C11H19N3O/c1-10(4-6-12)13-7-5-11(15)14-8-2-3-9-14/h10,13H,2-5,7-9H2,1H3. The Morgan fingerprint density at radius 2 is 2.20 bits per heavy atom. The molecular weight excluding hydrogens is 190 g/mol. The van der Waals surface area contributed by atoms with E-state index in [1.165, 1.54) is 0 Å². The smallest absolute Gasteiger partial charge is 0.223 e. The van der Waals surface area contributed by atoms with Gasteiger partial charge in [-0.05, 0) is 19.8 Å². The molecule has 0 aromatic heterocycles. The Morgan fingerprint density at radius 3 is 2.80 bits per heavy atom. The summed E-state index contributed by atoms with van der Waals surface area (Å²) in [5, 5.41) is 11.6. The highest BCUT2D eigenvalue weighted by Crippen LogP contribution is 2.08.